The predicted molar refractivity (Wildman–Crippen MR) is 97.0 cm³/mol. The van der Waals surface area contributed by atoms with Crippen molar-refractivity contribution < 1.29 is 4.79 Å². The van der Waals surface area contributed by atoms with Gasteiger partial charge in [-0.2, -0.15) is 5.10 Å². The molecule has 5 rings (SSSR count). The average molecular weight is 347 g/mol. The number of piperidine rings is 1. The molecule has 4 heterocycles. The van der Waals surface area contributed by atoms with Gasteiger partial charge in [0, 0.05) is 35.7 Å². The lowest BCUT2D eigenvalue weighted by Gasteiger charge is -2.39. The summed E-state index contributed by atoms with van der Waals surface area (Å²) in [4.78, 5) is 19.3. The molecule has 1 aromatic carbocycles. The Labute approximate surface area is 152 Å². The molecule has 0 saturated carbocycles. The molecule has 2 bridgehead atoms. The van der Waals surface area contributed by atoms with Crippen LogP contribution in [0, 0.1) is 0 Å². The number of benzene rings is 1. The summed E-state index contributed by atoms with van der Waals surface area (Å²) in [6.45, 7) is 0. The molecule has 2 atom stereocenters. The summed E-state index contributed by atoms with van der Waals surface area (Å²) in [6.07, 6.45) is 11.5. The summed E-state index contributed by atoms with van der Waals surface area (Å²) < 4.78 is 4.00. The van der Waals surface area contributed by atoms with Crippen LogP contribution in [0.15, 0.2) is 61.4 Å². The number of nitrogens with zero attached hydrogens (tertiary/aromatic N) is 5. The molecule has 2 aliphatic rings. The van der Waals surface area contributed by atoms with Gasteiger partial charge in [0.2, 0.25) is 0 Å². The Kier molecular flexibility index (Phi) is 3.62. The van der Waals surface area contributed by atoms with E-state index in [-0.39, 0.29) is 5.91 Å². The second kappa shape index (κ2) is 6.12. The summed E-state index contributed by atoms with van der Waals surface area (Å²) in [6, 6.07) is 12.9. The van der Waals surface area contributed by atoms with Crippen LogP contribution in [-0.2, 0) is 0 Å². The van der Waals surface area contributed by atoms with Crippen LogP contribution in [0.3, 0.4) is 0 Å². The Morgan fingerprint density at radius 2 is 1.65 bits per heavy atom. The average Bonchev–Trinajstić information content (AvgIpc) is 3.42. The van der Waals surface area contributed by atoms with Crippen molar-refractivity contribution in [2.45, 2.75) is 43.8 Å². The number of hydrogen-bond acceptors (Lipinski definition) is 3. The molecule has 2 fully saturated rings. The van der Waals surface area contributed by atoms with Crippen molar-refractivity contribution in [2.24, 2.45) is 0 Å². The van der Waals surface area contributed by atoms with Crippen molar-refractivity contribution >= 4 is 5.91 Å². The molecule has 6 nitrogen and oxygen atoms in total. The number of fused-ring (bicyclic) bond motifs is 2. The van der Waals surface area contributed by atoms with E-state index in [0.29, 0.717) is 18.1 Å². The molecule has 132 valence electrons. The molecular formula is C20H21N5O. The smallest absolute Gasteiger partial charge is 0.254 e. The second-order valence-electron chi connectivity index (χ2n) is 7.24. The molecule has 2 aromatic heterocycles. The van der Waals surface area contributed by atoms with Crippen LogP contribution in [0.1, 0.15) is 42.1 Å². The lowest BCUT2D eigenvalue weighted by atomic mass is 9.96. The number of amides is 1. The Hall–Kier alpha value is -2.89. The fraction of sp³-hybridized carbons (Fsp3) is 0.350. The van der Waals surface area contributed by atoms with E-state index >= 15 is 0 Å². The first kappa shape index (κ1) is 15.4. The lowest BCUT2D eigenvalue weighted by Crippen LogP contribution is -2.47. The van der Waals surface area contributed by atoms with Gasteiger partial charge in [-0.05, 0) is 62.1 Å². The zero-order valence-corrected chi connectivity index (χ0v) is 14.5. The summed E-state index contributed by atoms with van der Waals surface area (Å²) in [7, 11) is 0. The molecule has 2 aliphatic heterocycles. The first-order valence-electron chi connectivity index (χ1n) is 9.20. The van der Waals surface area contributed by atoms with Gasteiger partial charge in [-0.1, -0.05) is 0 Å². The predicted octanol–water partition coefficient (Wildman–Crippen LogP) is 3.08. The van der Waals surface area contributed by atoms with Gasteiger partial charge in [0.05, 0.1) is 6.04 Å². The van der Waals surface area contributed by atoms with Gasteiger partial charge in [-0.25, -0.2) is 9.67 Å². The Balaban J connectivity index is 1.35. The molecule has 1 amide bonds. The van der Waals surface area contributed by atoms with Gasteiger partial charge in [0.15, 0.2) is 0 Å². The van der Waals surface area contributed by atoms with Crippen LogP contribution in [0.2, 0.25) is 0 Å². The topological polar surface area (TPSA) is 56.0 Å². The van der Waals surface area contributed by atoms with Gasteiger partial charge in [-0.3, -0.25) is 4.79 Å². The van der Waals surface area contributed by atoms with Crippen LogP contribution >= 0.6 is 0 Å². The molecule has 3 aromatic rings. The number of carbonyl (C=O) groups is 1. The Bertz CT molecular complexity index is 871. The molecule has 6 heteroatoms. The second-order valence-corrected chi connectivity index (χ2v) is 7.24. The third-order valence-electron chi connectivity index (χ3n) is 5.77. The van der Waals surface area contributed by atoms with E-state index in [9.17, 15) is 4.79 Å². The van der Waals surface area contributed by atoms with Crippen LogP contribution < -0.4 is 0 Å². The zero-order chi connectivity index (χ0) is 17.5. The van der Waals surface area contributed by atoms with Gasteiger partial charge in [-0.15, -0.1) is 0 Å². The van der Waals surface area contributed by atoms with Crippen molar-refractivity contribution in [3.63, 3.8) is 0 Å². The van der Waals surface area contributed by atoms with E-state index in [1.165, 1.54) is 0 Å². The molecule has 2 unspecified atom stereocenters. The highest BCUT2D eigenvalue weighted by molar-refractivity contribution is 5.95. The molecule has 0 radical (unpaired) electrons. The van der Waals surface area contributed by atoms with Gasteiger partial charge in [0.1, 0.15) is 12.7 Å². The summed E-state index contributed by atoms with van der Waals surface area (Å²) in [5.74, 6) is 0.161. The maximum Gasteiger partial charge on any atom is 0.254 e. The van der Waals surface area contributed by atoms with E-state index in [4.69, 9.17) is 0 Å². The van der Waals surface area contributed by atoms with Gasteiger partial charge < -0.3 is 9.47 Å². The highest BCUT2D eigenvalue weighted by Gasteiger charge is 2.44. The minimum atomic E-state index is 0.161. The number of aromatic nitrogens is 4. The maximum absolute atomic E-state index is 13.1. The third-order valence-corrected chi connectivity index (χ3v) is 5.77. The fourth-order valence-corrected chi connectivity index (χ4v) is 4.53. The molecule has 0 spiro atoms. The minimum absolute atomic E-state index is 0.161. The molecule has 26 heavy (non-hydrogen) atoms. The third kappa shape index (κ3) is 2.53. The standard InChI is InChI=1S/C20H21N5O/c26-20(15-3-5-16(6-4-15)23-9-1-2-10-23)25-17-7-8-18(25)12-19(11-17)24-14-21-13-22-24/h1-6,9-10,13-14,17-19H,7-8,11-12H2. The van der Waals surface area contributed by atoms with Crippen LogP contribution in [0.25, 0.3) is 5.69 Å². The number of rotatable bonds is 3. The molecule has 0 N–H and O–H groups in total. The summed E-state index contributed by atoms with van der Waals surface area (Å²) in [5, 5.41) is 4.30. The lowest BCUT2D eigenvalue weighted by molar-refractivity contribution is 0.0524. The van der Waals surface area contributed by atoms with Crippen molar-refractivity contribution in [3.8, 4) is 5.69 Å². The number of hydrogen-bond donors (Lipinski definition) is 0. The fourth-order valence-electron chi connectivity index (χ4n) is 4.53. The summed E-state index contributed by atoms with van der Waals surface area (Å²) in [5.41, 5.74) is 1.84. The van der Waals surface area contributed by atoms with E-state index in [2.05, 4.69) is 15.0 Å². The minimum Gasteiger partial charge on any atom is -0.333 e. The van der Waals surface area contributed by atoms with Gasteiger partial charge >= 0.3 is 0 Å². The first-order valence-corrected chi connectivity index (χ1v) is 9.20. The monoisotopic (exact) mass is 347 g/mol. The zero-order valence-electron chi connectivity index (χ0n) is 14.5. The van der Waals surface area contributed by atoms with E-state index < -0.39 is 0 Å². The van der Waals surface area contributed by atoms with E-state index in [1.807, 2.05) is 58.0 Å². The summed E-state index contributed by atoms with van der Waals surface area (Å²) >= 11 is 0. The van der Waals surface area contributed by atoms with Crippen molar-refractivity contribution in [1.29, 1.82) is 0 Å². The van der Waals surface area contributed by atoms with Crippen molar-refractivity contribution in [2.75, 3.05) is 0 Å². The highest BCUT2D eigenvalue weighted by atomic mass is 16.2. The van der Waals surface area contributed by atoms with Crippen LogP contribution in [0.4, 0.5) is 0 Å². The Morgan fingerprint density at radius 3 is 2.27 bits per heavy atom. The van der Waals surface area contributed by atoms with Crippen LogP contribution in [-0.4, -0.2) is 42.2 Å². The largest absolute Gasteiger partial charge is 0.333 e. The maximum atomic E-state index is 13.1. The normalized spacial score (nSPS) is 24.8. The van der Waals surface area contributed by atoms with Crippen molar-refractivity contribution in [3.05, 3.63) is 67.0 Å². The Morgan fingerprint density at radius 1 is 0.962 bits per heavy atom. The first-order chi connectivity index (χ1) is 12.8. The highest BCUT2D eigenvalue weighted by Crippen LogP contribution is 2.41. The SMILES string of the molecule is O=C(c1ccc(-n2cccc2)cc1)N1C2CCC1CC(n1cncn1)C2. The quantitative estimate of drug-likeness (QED) is 0.732. The molecule has 2 saturated heterocycles. The van der Waals surface area contributed by atoms with Gasteiger partial charge in [0.25, 0.3) is 5.91 Å². The molecular weight excluding hydrogens is 326 g/mol. The van der Waals surface area contributed by atoms with E-state index in [1.54, 1.807) is 12.7 Å². The molecule has 0 aliphatic carbocycles. The van der Waals surface area contributed by atoms with E-state index in [0.717, 1.165) is 36.9 Å². The van der Waals surface area contributed by atoms with Crippen LogP contribution in [0.5, 0.6) is 0 Å². The number of carbonyl (C=O) groups excluding carboxylic acids is 1. The van der Waals surface area contributed by atoms with Crippen molar-refractivity contribution in [1.82, 2.24) is 24.2 Å².